The van der Waals surface area contributed by atoms with E-state index in [1.165, 1.54) is 0 Å². The zero-order valence-electron chi connectivity index (χ0n) is 9.94. The number of nitrogens with one attached hydrogen (secondary N) is 1. The van der Waals surface area contributed by atoms with Crippen molar-refractivity contribution in [2.45, 2.75) is 26.3 Å². The first-order valence-corrected chi connectivity index (χ1v) is 5.90. The molecule has 0 aliphatic carbocycles. The Morgan fingerprint density at radius 1 is 1.35 bits per heavy atom. The number of aromatic nitrogens is 1. The quantitative estimate of drug-likeness (QED) is 0.874. The number of para-hydroxylation sites is 1. The van der Waals surface area contributed by atoms with Crippen LogP contribution < -0.4 is 5.32 Å². The summed E-state index contributed by atoms with van der Waals surface area (Å²) in [6.07, 6.45) is 3.28. The number of amides is 1. The van der Waals surface area contributed by atoms with Gasteiger partial charge in [0.15, 0.2) is 0 Å². The number of rotatable bonds is 4. The molecule has 2 aromatic rings. The van der Waals surface area contributed by atoms with Gasteiger partial charge in [-0.15, -0.1) is 0 Å². The maximum atomic E-state index is 11.3. The molecular weight excluding hydrogens is 212 g/mol. The minimum absolute atomic E-state index is 0.0978. The van der Waals surface area contributed by atoms with E-state index in [2.05, 4.69) is 16.4 Å². The molecule has 1 heterocycles. The number of benzene rings is 1. The van der Waals surface area contributed by atoms with Gasteiger partial charge in [0.05, 0.1) is 5.52 Å². The second kappa shape index (κ2) is 5.43. The molecule has 0 bridgehead atoms. The van der Waals surface area contributed by atoms with E-state index in [0.717, 1.165) is 22.9 Å². The Morgan fingerprint density at radius 2 is 2.18 bits per heavy atom. The second-order valence-electron chi connectivity index (χ2n) is 4.06. The van der Waals surface area contributed by atoms with Crippen LogP contribution in [0.1, 0.15) is 25.3 Å². The summed E-state index contributed by atoms with van der Waals surface area (Å²) in [5.41, 5.74) is 2.02. The lowest BCUT2D eigenvalue weighted by Crippen LogP contribution is -2.22. The number of pyridine rings is 1. The van der Waals surface area contributed by atoms with Gasteiger partial charge in [-0.3, -0.25) is 9.78 Å². The van der Waals surface area contributed by atoms with Crippen LogP contribution >= 0.6 is 0 Å². The Bertz CT molecular complexity index is 522. The highest BCUT2D eigenvalue weighted by atomic mass is 16.1. The highest BCUT2D eigenvalue weighted by Crippen LogP contribution is 2.12. The maximum absolute atomic E-state index is 11.3. The third-order valence-corrected chi connectivity index (χ3v) is 2.61. The number of hydrogen-bond acceptors (Lipinski definition) is 2. The van der Waals surface area contributed by atoms with E-state index < -0.39 is 0 Å². The van der Waals surface area contributed by atoms with Crippen molar-refractivity contribution in [2.75, 3.05) is 0 Å². The summed E-state index contributed by atoms with van der Waals surface area (Å²) in [6, 6.07) is 10.0. The lowest BCUT2D eigenvalue weighted by molar-refractivity contribution is -0.121. The van der Waals surface area contributed by atoms with Crippen LogP contribution in [0.25, 0.3) is 10.9 Å². The fourth-order valence-corrected chi connectivity index (χ4v) is 1.73. The molecule has 88 valence electrons. The highest BCUT2D eigenvalue weighted by molar-refractivity contribution is 5.79. The van der Waals surface area contributed by atoms with Crippen molar-refractivity contribution in [3.8, 4) is 0 Å². The first-order valence-electron chi connectivity index (χ1n) is 5.90. The highest BCUT2D eigenvalue weighted by Gasteiger charge is 2.01. The molecule has 3 nitrogen and oxygen atoms in total. The summed E-state index contributed by atoms with van der Waals surface area (Å²) < 4.78 is 0. The summed E-state index contributed by atoms with van der Waals surface area (Å²) >= 11 is 0. The Morgan fingerprint density at radius 3 is 3.00 bits per heavy atom. The Hall–Kier alpha value is -1.90. The minimum Gasteiger partial charge on any atom is -0.352 e. The summed E-state index contributed by atoms with van der Waals surface area (Å²) in [6.45, 7) is 2.55. The van der Waals surface area contributed by atoms with E-state index in [9.17, 15) is 4.79 Å². The monoisotopic (exact) mass is 228 g/mol. The molecule has 0 fully saturated rings. The summed E-state index contributed by atoms with van der Waals surface area (Å²) in [5, 5.41) is 3.99. The van der Waals surface area contributed by atoms with Crippen LogP contribution in [0.4, 0.5) is 0 Å². The van der Waals surface area contributed by atoms with Crippen LogP contribution in [0.3, 0.4) is 0 Å². The lowest BCUT2D eigenvalue weighted by Gasteiger charge is -2.05. The Kier molecular flexibility index (Phi) is 3.70. The Labute approximate surface area is 101 Å². The molecule has 0 spiro atoms. The zero-order chi connectivity index (χ0) is 12.1. The van der Waals surface area contributed by atoms with Crippen LogP contribution in [-0.4, -0.2) is 10.9 Å². The molecule has 1 aromatic carbocycles. The van der Waals surface area contributed by atoms with E-state index in [4.69, 9.17) is 0 Å². The molecule has 0 aliphatic rings. The van der Waals surface area contributed by atoms with Gasteiger partial charge in [0, 0.05) is 24.5 Å². The molecule has 0 aliphatic heterocycles. The van der Waals surface area contributed by atoms with Gasteiger partial charge in [0.25, 0.3) is 0 Å². The molecule has 0 atom stereocenters. The number of fused-ring (bicyclic) bond motifs is 1. The molecule has 1 amide bonds. The van der Waals surface area contributed by atoms with Crippen molar-refractivity contribution in [3.05, 3.63) is 42.1 Å². The molecule has 3 heteroatoms. The molecule has 0 saturated heterocycles. The topological polar surface area (TPSA) is 42.0 Å². The van der Waals surface area contributed by atoms with Crippen molar-refractivity contribution in [3.63, 3.8) is 0 Å². The predicted molar refractivity (Wildman–Crippen MR) is 68.5 cm³/mol. The number of carbonyl (C=O) groups is 1. The summed E-state index contributed by atoms with van der Waals surface area (Å²) in [4.78, 5) is 15.7. The predicted octanol–water partition coefficient (Wildman–Crippen LogP) is 2.65. The number of hydrogen-bond donors (Lipinski definition) is 1. The molecule has 2 rings (SSSR count). The standard InChI is InChI=1S/C14H16N2O/c1-2-5-14(17)16-10-11-8-12-6-3-4-7-13(12)15-9-11/h3-4,6-9H,2,5,10H2,1H3,(H,16,17). The number of carbonyl (C=O) groups excluding carboxylic acids is 1. The smallest absolute Gasteiger partial charge is 0.220 e. The normalized spacial score (nSPS) is 10.4. The van der Waals surface area contributed by atoms with Gasteiger partial charge in [-0.05, 0) is 24.1 Å². The van der Waals surface area contributed by atoms with Crippen LogP contribution in [0, 0.1) is 0 Å². The van der Waals surface area contributed by atoms with E-state index >= 15 is 0 Å². The second-order valence-corrected chi connectivity index (χ2v) is 4.06. The molecular formula is C14H16N2O. The van der Waals surface area contributed by atoms with E-state index in [1.54, 1.807) is 0 Å². The lowest BCUT2D eigenvalue weighted by atomic mass is 10.1. The van der Waals surface area contributed by atoms with Crippen LogP contribution in [0.5, 0.6) is 0 Å². The van der Waals surface area contributed by atoms with Gasteiger partial charge in [-0.1, -0.05) is 25.1 Å². The van der Waals surface area contributed by atoms with Crippen molar-refractivity contribution < 1.29 is 4.79 Å². The summed E-state index contributed by atoms with van der Waals surface area (Å²) in [5.74, 6) is 0.0978. The molecule has 0 unspecified atom stereocenters. The van der Waals surface area contributed by atoms with Crippen LogP contribution in [0.15, 0.2) is 36.5 Å². The number of nitrogens with zero attached hydrogens (tertiary/aromatic N) is 1. The average molecular weight is 228 g/mol. The van der Waals surface area contributed by atoms with Gasteiger partial charge in [-0.2, -0.15) is 0 Å². The molecule has 1 aromatic heterocycles. The fourth-order valence-electron chi connectivity index (χ4n) is 1.73. The van der Waals surface area contributed by atoms with Crippen LogP contribution in [-0.2, 0) is 11.3 Å². The molecule has 17 heavy (non-hydrogen) atoms. The first-order chi connectivity index (χ1) is 8.29. The van der Waals surface area contributed by atoms with Crippen molar-refractivity contribution in [2.24, 2.45) is 0 Å². The summed E-state index contributed by atoms with van der Waals surface area (Å²) in [7, 11) is 0. The largest absolute Gasteiger partial charge is 0.352 e. The van der Waals surface area contributed by atoms with Crippen molar-refractivity contribution in [1.82, 2.24) is 10.3 Å². The van der Waals surface area contributed by atoms with E-state index in [-0.39, 0.29) is 5.91 Å². The third kappa shape index (κ3) is 3.03. The molecule has 0 saturated carbocycles. The minimum atomic E-state index is 0.0978. The maximum Gasteiger partial charge on any atom is 0.220 e. The third-order valence-electron chi connectivity index (χ3n) is 2.61. The average Bonchev–Trinajstić information content (AvgIpc) is 2.36. The van der Waals surface area contributed by atoms with E-state index in [1.807, 2.05) is 37.4 Å². The van der Waals surface area contributed by atoms with E-state index in [0.29, 0.717) is 13.0 Å². The van der Waals surface area contributed by atoms with Gasteiger partial charge in [0.1, 0.15) is 0 Å². The fraction of sp³-hybridized carbons (Fsp3) is 0.286. The van der Waals surface area contributed by atoms with Gasteiger partial charge in [-0.25, -0.2) is 0 Å². The Balaban J connectivity index is 2.06. The van der Waals surface area contributed by atoms with Gasteiger partial charge < -0.3 is 5.32 Å². The van der Waals surface area contributed by atoms with Crippen molar-refractivity contribution >= 4 is 16.8 Å². The zero-order valence-corrected chi connectivity index (χ0v) is 9.94. The molecule has 1 N–H and O–H groups in total. The van der Waals surface area contributed by atoms with Crippen LogP contribution in [0.2, 0.25) is 0 Å². The van der Waals surface area contributed by atoms with Gasteiger partial charge in [0.2, 0.25) is 5.91 Å². The SMILES string of the molecule is CCCC(=O)NCc1cnc2ccccc2c1. The van der Waals surface area contributed by atoms with Gasteiger partial charge >= 0.3 is 0 Å². The van der Waals surface area contributed by atoms with Crippen molar-refractivity contribution in [1.29, 1.82) is 0 Å². The first kappa shape index (κ1) is 11.6. The molecule has 0 radical (unpaired) electrons.